The van der Waals surface area contributed by atoms with E-state index in [1.165, 1.54) is 0 Å². The van der Waals surface area contributed by atoms with Gasteiger partial charge in [-0.05, 0) is 49.6 Å². The first-order valence-corrected chi connectivity index (χ1v) is 11.5. The van der Waals surface area contributed by atoms with Gasteiger partial charge in [0.1, 0.15) is 0 Å². The molecule has 0 saturated carbocycles. The van der Waals surface area contributed by atoms with Crippen LogP contribution in [0.2, 0.25) is 0 Å². The minimum Gasteiger partial charge on any atom is -0.306 e. The van der Waals surface area contributed by atoms with Crippen LogP contribution in [0.25, 0.3) is 0 Å². The highest BCUT2D eigenvalue weighted by Crippen LogP contribution is 2.36. The van der Waals surface area contributed by atoms with Gasteiger partial charge in [0.25, 0.3) is 0 Å². The average Bonchev–Trinajstić information content (AvgIpc) is 2.98. The summed E-state index contributed by atoms with van der Waals surface area (Å²) in [5.41, 5.74) is 4.15. The minimum absolute atomic E-state index is 0.0205. The van der Waals surface area contributed by atoms with Crippen molar-refractivity contribution >= 4 is 21.4 Å². The number of carbonyl (C=O) groups excluding carboxylic acids is 1. The van der Waals surface area contributed by atoms with Crippen LogP contribution in [0.15, 0.2) is 48.5 Å². The summed E-state index contributed by atoms with van der Waals surface area (Å²) in [4.78, 5) is 17.0. The van der Waals surface area contributed by atoms with Gasteiger partial charge in [0.05, 0.1) is 24.1 Å². The zero-order valence-corrected chi connectivity index (χ0v) is 17.3. The number of anilines is 1. The third-order valence-electron chi connectivity index (χ3n) is 6.19. The molecule has 0 spiro atoms. The van der Waals surface area contributed by atoms with E-state index in [9.17, 15) is 13.2 Å². The Morgan fingerprint density at radius 1 is 0.964 bits per heavy atom. The maximum absolute atomic E-state index is 13.2. The first kappa shape index (κ1) is 19.2. The molecule has 28 heavy (non-hydrogen) atoms. The first-order valence-electron chi connectivity index (χ1n) is 9.67. The number of piperazine rings is 1. The number of aryl methyl sites for hydroxylation is 2. The molecule has 0 N–H and O–H groups in total. The third kappa shape index (κ3) is 3.35. The predicted octanol–water partition coefficient (Wildman–Crippen LogP) is 2.88. The standard InChI is InChI=1S/C22H26N2O3S/c1-15-9-10-19(11-16(15)2)24-21-14-28(26,27)13-20(21)23(12-22(24)25)17(3)18-7-5-4-6-8-18/h4-11,17,20-21H,12-14H2,1-3H3/t17?,20-,21+/m0/s1. The maximum Gasteiger partial charge on any atom is 0.241 e. The zero-order valence-electron chi connectivity index (χ0n) is 16.5. The summed E-state index contributed by atoms with van der Waals surface area (Å²) in [6, 6.07) is 15.3. The number of fused-ring (bicyclic) bond motifs is 1. The van der Waals surface area contributed by atoms with Crippen LogP contribution in [0.5, 0.6) is 0 Å². The molecule has 2 fully saturated rings. The number of carbonyl (C=O) groups is 1. The molecule has 3 atom stereocenters. The van der Waals surface area contributed by atoms with Crippen molar-refractivity contribution in [1.29, 1.82) is 0 Å². The van der Waals surface area contributed by atoms with Gasteiger partial charge in [0, 0.05) is 17.8 Å². The lowest BCUT2D eigenvalue weighted by Crippen LogP contribution is -2.62. The van der Waals surface area contributed by atoms with E-state index in [1.54, 1.807) is 4.90 Å². The van der Waals surface area contributed by atoms with Crippen LogP contribution in [0.1, 0.15) is 29.7 Å². The Hall–Kier alpha value is -2.18. The Bertz CT molecular complexity index is 1000. The van der Waals surface area contributed by atoms with Crippen LogP contribution < -0.4 is 4.90 Å². The molecular formula is C22H26N2O3S. The molecule has 2 aliphatic rings. The smallest absolute Gasteiger partial charge is 0.241 e. The van der Waals surface area contributed by atoms with E-state index in [0.717, 1.165) is 22.4 Å². The average molecular weight is 399 g/mol. The number of hydrogen-bond acceptors (Lipinski definition) is 4. The SMILES string of the molecule is Cc1ccc(N2C(=O)CN(C(C)c3ccccc3)[C@H]3CS(=O)(=O)C[C@H]32)cc1C. The summed E-state index contributed by atoms with van der Waals surface area (Å²) < 4.78 is 25.1. The van der Waals surface area contributed by atoms with Gasteiger partial charge in [-0.15, -0.1) is 0 Å². The van der Waals surface area contributed by atoms with Crippen molar-refractivity contribution < 1.29 is 13.2 Å². The van der Waals surface area contributed by atoms with Gasteiger partial charge < -0.3 is 4.90 Å². The van der Waals surface area contributed by atoms with Crippen LogP contribution in [0.4, 0.5) is 5.69 Å². The second-order valence-corrected chi connectivity index (χ2v) is 10.2. The first-order chi connectivity index (χ1) is 13.3. The van der Waals surface area contributed by atoms with E-state index in [4.69, 9.17) is 0 Å². The fourth-order valence-electron chi connectivity index (χ4n) is 4.47. The van der Waals surface area contributed by atoms with E-state index < -0.39 is 9.84 Å². The molecule has 148 valence electrons. The molecule has 0 aliphatic carbocycles. The summed E-state index contributed by atoms with van der Waals surface area (Å²) in [7, 11) is -3.20. The fourth-order valence-corrected chi connectivity index (χ4v) is 6.43. The fraction of sp³-hybridized carbons (Fsp3) is 0.409. The van der Waals surface area contributed by atoms with Gasteiger partial charge in [-0.1, -0.05) is 36.4 Å². The highest BCUT2D eigenvalue weighted by atomic mass is 32.2. The normalized spacial score (nSPS) is 25.5. The molecule has 2 aromatic rings. The molecule has 0 bridgehead atoms. The Kier molecular flexibility index (Phi) is 4.79. The summed E-state index contributed by atoms with van der Waals surface area (Å²) in [6.07, 6.45) is 0. The number of hydrogen-bond donors (Lipinski definition) is 0. The van der Waals surface area contributed by atoms with E-state index in [-0.39, 0.29) is 42.1 Å². The Morgan fingerprint density at radius 3 is 2.32 bits per heavy atom. The van der Waals surface area contributed by atoms with Crippen molar-refractivity contribution in [2.75, 3.05) is 23.0 Å². The molecule has 2 aromatic carbocycles. The molecule has 5 nitrogen and oxygen atoms in total. The number of nitrogens with zero attached hydrogens (tertiary/aromatic N) is 2. The van der Waals surface area contributed by atoms with Crippen molar-refractivity contribution in [3.8, 4) is 0 Å². The highest BCUT2D eigenvalue weighted by Gasteiger charge is 2.50. The summed E-state index contributed by atoms with van der Waals surface area (Å²) in [5, 5.41) is 0. The van der Waals surface area contributed by atoms with Gasteiger partial charge in [-0.3, -0.25) is 9.69 Å². The van der Waals surface area contributed by atoms with Gasteiger partial charge >= 0.3 is 0 Å². The van der Waals surface area contributed by atoms with Crippen LogP contribution in [-0.4, -0.2) is 49.4 Å². The quantitative estimate of drug-likeness (QED) is 0.798. The molecule has 1 unspecified atom stereocenters. The molecule has 1 amide bonds. The third-order valence-corrected chi connectivity index (χ3v) is 7.88. The summed E-state index contributed by atoms with van der Waals surface area (Å²) in [5.74, 6) is 0.0852. The van der Waals surface area contributed by atoms with Gasteiger partial charge in [0.2, 0.25) is 5.91 Å². The molecule has 2 saturated heterocycles. The van der Waals surface area contributed by atoms with Crippen molar-refractivity contribution in [3.05, 3.63) is 65.2 Å². The lowest BCUT2D eigenvalue weighted by atomic mass is 9.97. The lowest BCUT2D eigenvalue weighted by molar-refractivity contribution is -0.124. The van der Waals surface area contributed by atoms with E-state index in [0.29, 0.717) is 0 Å². The maximum atomic E-state index is 13.2. The molecule has 2 heterocycles. The second-order valence-electron chi connectivity index (χ2n) is 8.00. The molecule has 2 aliphatic heterocycles. The zero-order chi connectivity index (χ0) is 20.1. The van der Waals surface area contributed by atoms with Crippen molar-refractivity contribution in [2.24, 2.45) is 0 Å². The highest BCUT2D eigenvalue weighted by molar-refractivity contribution is 7.91. The van der Waals surface area contributed by atoms with Crippen molar-refractivity contribution in [1.82, 2.24) is 4.90 Å². The molecule has 6 heteroatoms. The topological polar surface area (TPSA) is 57.7 Å². The number of rotatable bonds is 3. The van der Waals surface area contributed by atoms with Crippen LogP contribution in [0.3, 0.4) is 0 Å². The van der Waals surface area contributed by atoms with Crippen molar-refractivity contribution in [2.45, 2.75) is 38.9 Å². The van der Waals surface area contributed by atoms with Crippen molar-refractivity contribution in [3.63, 3.8) is 0 Å². The lowest BCUT2D eigenvalue weighted by Gasteiger charge is -2.46. The van der Waals surface area contributed by atoms with E-state index in [1.807, 2.05) is 62.4 Å². The monoisotopic (exact) mass is 398 g/mol. The molecule has 4 rings (SSSR count). The number of benzene rings is 2. The Balaban J connectivity index is 1.72. The van der Waals surface area contributed by atoms with Crippen LogP contribution in [-0.2, 0) is 14.6 Å². The van der Waals surface area contributed by atoms with Crippen LogP contribution >= 0.6 is 0 Å². The van der Waals surface area contributed by atoms with E-state index in [2.05, 4.69) is 11.8 Å². The molecule has 0 aromatic heterocycles. The summed E-state index contributed by atoms with van der Waals surface area (Å²) >= 11 is 0. The van der Waals surface area contributed by atoms with Gasteiger partial charge in [-0.25, -0.2) is 8.42 Å². The Labute approximate surface area is 166 Å². The molecule has 0 radical (unpaired) electrons. The number of amides is 1. The van der Waals surface area contributed by atoms with Crippen LogP contribution in [0, 0.1) is 13.8 Å². The summed E-state index contributed by atoms with van der Waals surface area (Å²) in [6.45, 7) is 6.32. The van der Waals surface area contributed by atoms with Gasteiger partial charge in [-0.2, -0.15) is 0 Å². The minimum atomic E-state index is -3.20. The largest absolute Gasteiger partial charge is 0.306 e. The second kappa shape index (κ2) is 7.01. The Morgan fingerprint density at radius 2 is 1.64 bits per heavy atom. The predicted molar refractivity (Wildman–Crippen MR) is 111 cm³/mol. The van der Waals surface area contributed by atoms with Gasteiger partial charge in [0.15, 0.2) is 9.84 Å². The molecular weight excluding hydrogens is 372 g/mol. The van der Waals surface area contributed by atoms with E-state index >= 15 is 0 Å². The number of sulfone groups is 1.